The van der Waals surface area contributed by atoms with E-state index in [0.717, 1.165) is 12.4 Å². The minimum Gasteiger partial charge on any atom is -0.469 e. The lowest BCUT2D eigenvalue weighted by atomic mass is 9.98. The summed E-state index contributed by atoms with van der Waals surface area (Å²) in [6, 6.07) is 0. The lowest BCUT2D eigenvalue weighted by Gasteiger charge is -2.28. The van der Waals surface area contributed by atoms with Gasteiger partial charge in [-0.3, -0.25) is 0 Å². The molecule has 0 saturated carbocycles. The van der Waals surface area contributed by atoms with Gasteiger partial charge in [-0.25, -0.2) is 0 Å². The predicted molar refractivity (Wildman–Crippen MR) is 60.4 cm³/mol. The van der Waals surface area contributed by atoms with Gasteiger partial charge in [-0.15, -0.1) is 0 Å². The largest absolute Gasteiger partial charge is 0.469 e. The first-order valence-electron chi connectivity index (χ1n) is 5.35. The summed E-state index contributed by atoms with van der Waals surface area (Å²) in [5, 5.41) is 0.714. The maximum atomic E-state index is 5.63. The van der Waals surface area contributed by atoms with Gasteiger partial charge in [0.1, 0.15) is 5.82 Å². The maximum absolute atomic E-state index is 5.63. The van der Waals surface area contributed by atoms with Gasteiger partial charge < -0.3 is 9.64 Å². The molecule has 0 aromatic carbocycles. The van der Waals surface area contributed by atoms with Crippen LogP contribution in [0, 0.1) is 12.8 Å². The molecule has 1 aromatic heterocycles. The van der Waals surface area contributed by atoms with Crippen LogP contribution in [0.1, 0.15) is 18.7 Å². The molecule has 0 amide bonds. The van der Waals surface area contributed by atoms with Crippen LogP contribution >= 0.6 is 11.5 Å². The number of rotatable bonds is 3. The fraction of sp³-hybridized carbons (Fsp3) is 0.800. The Morgan fingerprint density at radius 3 is 2.80 bits per heavy atom. The van der Waals surface area contributed by atoms with Gasteiger partial charge in [0.25, 0.3) is 5.19 Å². The first-order valence-corrected chi connectivity index (χ1v) is 6.13. The highest BCUT2D eigenvalue weighted by Gasteiger charge is 2.17. The molecule has 0 spiro atoms. The van der Waals surface area contributed by atoms with Crippen molar-refractivity contribution in [3.63, 3.8) is 0 Å². The molecule has 0 unspecified atom stereocenters. The molecule has 4 nitrogen and oxygen atoms in total. The van der Waals surface area contributed by atoms with Crippen LogP contribution in [0.3, 0.4) is 0 Å². The molecule has 0 bridgehead atoms. The van der Waals surface area contributed by atoms with E-state index in [2.05, 4.69) is 21.3 Å². The van der Waals surface area contributed by atoms with Crippen LogP contribution in [-0.2, 0) is 0 Å². The van der Waals surface area contributed by atoms with Gasteiger partial charge in [0.05, 0.1) is 6.61 Å². The average Bonchev–Trinajstić information content (AvgIpc) is 2.64. The average molecular weight is 227 g/mol. The van der Waals surface area contributed by atoms with Crippen molar-refractivity contribution in [3.05, 3.63) is 5.82 Å². The molecule has 0 radical (unpaired) electrons. The highest BCUT2D eigenvalue weighted by Crippen LogP contribution is 2.19. The SMILES string of the molecule is Cc1nsc(OCC2CCN(C)CC2)n1. The minimum atomic E-state index is 0.686. The van der Waals surface area contributed by atoms with Crippen molar-refractivity contribution in [2.45, 2.75) is 19.8 Å². The molecule has 15 heavy (non-hydrogen) atoms. The van der Waals surface area contributed by atoms with Gasteiger partial charge in [0, 0.05) is 11.5 Å². The van der Waals surface area contributed by atoms with E-state index >= 15 is 0 Å². The third kappa shape index (κ3) is 3.14. The highest BCUT2D eigenvalue weighted by molar-refractivity contribution is 7.07. The Bertz CT molecular complexity index is 307. The quantitative estimate of drug-likeness (QED) is 0.785. The number of aryl methyl sites for hydroxylation is 1. The van der Waals surface area contributed by atoms with E-state index in [1.54, 1.807) is 0 Å². The second-order valence-electron chi connectivity index (χ2n) is 4.17. The monoisotopic (exact) mass is 227 g/mol. The standard InChI is InChI=1S/C10H17N3OS/c1-8-11-10(15-12-8)14-7-9-3-5-13(2)6-4-9/h9H,3-7H2,1-2H3. The Morgan fingerprint density at radius 2 is 2.20 bits per heavy atom. The molecule has 84 valence electrons. The summed E-state index contributed by atoms with van der Waals surface area (Å²) in [6.45, 7) is 5.05. The van der Waals surface area contributed by atoms with E-state index in [-0.39, 0.29) is 0 Å². The molecule has 1 saturated heterocycles. The third-order valence-corrected chi connectivity index (χ3v) is 3.51. The van der Waals surface area contributed by atoms with Crippen LogP contribution in [0.2, 0.25) is 0 Å². The van der Waals surface area contributed by atoms with E-state index in [4.69, 9.17) is 4.74 Å². The van der Waals surface area contributed by atoms with Gasteiger partial charge in [0.15, 0.2) is 0 Å². The molecule has 2 heterocycles. The maximum Gasteiger partial charge on any atom is 0.293 e. The molecule has 1 aliphatic heterocycles. The number of hydrogen-bond acceptors (Lipinski definition) is 5. The lowest BCUT2D eigenvalue weighted by molar-refractivity contribution is 0.160. The fourth-order valence-corrected chi connectivity index (χ4v) is 2.30. The summed E-state index contributed by atoms with van der Waals surface area (Å²) in [4.78, 5) is 6.55. The van der Waals surface area contributed by atoms with Crippen molar-refractivity contribution >= 4 is 11.5 Å². The van der Waals surface area contributed by atoms with Crippen molar-refractivity contribution in [2.75, 3.05) is 26.7 Å². The van der Waals surface area contributed by atoms with Gasteiger partial charge in [-0.2, -0.15) is 9.36 Å². The highest BCUT2D eigenvalue weighted by atomic mass is 32.1. The van der Waals surface area contributed by atoms with Crippen LogP contribution in [0.15, 0.2) is 0 Å². The Balaban J connectivity index is 1.74. The first-order chi connectivity index (χ1) is 7.24. The Kier molecular flexibility index (Phi) is 3.53. The molecule has 0 atom stereocenters. The van der Waals surface area contributed by atoms with Gasteiger partial charge >= 0.3 is 0 Å². The normalized spacial score (nSPS) is 19.3. The lowest BCUT2D eigenvalue weighted by Crippen LogP contribution is -2.32. The molecule has 0 aliphatic carbocycles. The number of nitrogens with zero attached hydrogens (tertiary/aromatic N) is 3. The fourth-order valence-electron chi connectivity index (χ4n) is 1.75. The molecule has 1 aromatic rings. The Morgan fingerprint density at radius 1 is 1.47 bits per heavy atom. The van der Waals surface area contributed by atoms with Crippen molar-refractivity contribution in [1.29, 1.82) is 0 Å². The number of ether oxygens (including phenoxy) is 1. The Hall–Kier alpha value is -0.680. The van der Waals surface area contributed by atoms with Crippen molar-refractivity contribution in [3.8, 4) is 5.19 Å². The van der Waals surface area contributed by atoms with Gasteiger partial charge in [-0.1, -0.05) is 0 Å². The van der Waals surface area contributed by atoms with Crippen LogP contribution in [0.25, 0.3) is 0 Å². The van der Waals surface area contributed by atoms with Crippen LogP contribution in [0.5, 0.6) is 5.19 Å². The zero-order valence-electron chi connectivity index (χ0n) is 9.27. The third-order valence-electron chi connectivity index (χ3n) is 2.79. The zero-order chi connectivity index (χ0) is 10.7. The summed E-state index contributed by atoms with van der Waals surface area (Å²) < 4.78 is 9.72. The van der Waals surface area contributed by atoms with E-state index in [0.29, 0.717) is 11.1 Å². The summed E-state index contributed by atoms with van der Waals surface area (Å²) in [7, 11) is 2.17. The summed E-state index contributed by atoms with van der Waals surface area (Å²) in [5.41, 5.74) is 0. The van der Waals surface area contributed by atoms with E-state index < -0.39 is 0 Å². The van der Waals surface area contributed by atoms with E-state index in [1.165, 1.54) is 37.5 Å². The molecular weight excluding hydrogens is 210 g/mol. The summed E-state index contributed by atoms with van der Waals surface area (Å²) in [5.74, 6) is 1.49. The number of hydrogen-bond donors (Lipinski definition) is 0. The van der Waals surface area contributed by atoms with Crippen LogP contribution in [0.4, 0.5) is 0 Å². The topological polar surface area (TPSA) is 38.2 Å². The molecule has 0 N–H and O–H groups in total. The van der Waals surface area contributed by atoms with Crippen molar-refractivity contribution in [2.24, 2.45) is 5.92 Å². The second kappa shape index (κ2) is 4.90. The summed E-state index contributed by atoms with van der Waals surface area (Å²) in [6.07, 6.45) is 2.46. The van der Waals surface area contributed by atoms with E-state index in [9.17, 15) is 0 Å². The van der Waals surface area contributed by atoms with Crippen LogP contribution in [-0.4, -0.2) is 41.0 Å². The second-order valence-corrected chi connectivity index (χ2v) is 4.88. The van der Waals surface area contributed by atoms with E-state index in [1.807, 2.05) is 6.92 Å². The minimum absolute atomic E-state index is 0.686. The van der Waals surface area contributed by atoms with Crippen molar-refractivity contribution < 1.29 is 4.74 Å². The number of piperidine rings is 1. The zero-order valence-corrected chi connectivity index (χ0v) is 10.1. The first kappa shape index (κ1) is 10.8. The molecule has 1 fully saturated rings. The molecular formula is C10H17N3OS. The Labute approximate surface area is 94.4 Å². The summed E-state index contributed by atoms with van der Waals surface area (Å²) >= 11 is 1.34. The van der Waals surface area contributed by atoms with Crippen LogP contribution < -0.4 is 4.74 Å². The predicted octanol–water partition coefficient (Wildman–Crippen LogP) is 1.57. The smallest absolute Gasteiger partial charge is 0.293 e. The molecule has 5 heteroatoms. The van der Waals surface area contributed by atoms with Gasteiger partial charge in [-0.05, 0) is 45.8 Å². The molecule has 1 aliphatic rings. The number of aromatic nitrogens is 2. The van der Waals surface area contributed by atoms with Gasteiger partial charge in [0.2, 0.25) is 0 Å². The number of likely N-dealkylation sites (tertiary alicyclic amines) is 1. The molecule has 2 rings (SSSR count). The van der Waals surface area contributed by atoms with Crippen molar-refractivity contribution in [1.82, 2.24) is 14.3 Å².